The molecule has 1 fully saturated rings. The largest absolute Gasteiger partial charge is 0.478 e. The van der Waals surface area contributed by atoms with Crippen LogP contribution in [0.3, 0.4) is 0 Å². The van der Waals surface area contributed by atoms with Gasteiger partial charge in [0.2, 0.25) is 0 Å². The van der Waals surface area contributed by atoms with Crippen molar-refractivity contribution in [2.45, 2.75) is 19.3 Å². The van der Waals surface area contributed by atoms with Crippen LogP contribution in [0.25, 0.3) is 11.8 Å². The molecule has 2 heterocycles. The molecule has 1 aromatic carbocycles. The summed E-state index contributed by atoms with van der Waals surface area (Å²) in [5.74, 6) is -0.650. The summed E-state index contributed by atoms with van der Waals surface area (Å²) < 4.78 is 1.51. The van der Waals surface area contributed by atoms with Crippen molar-refractivity contribution >= 4 is 17.7 Å². The molecule has 0 unspecified atom stereocenters. The molecule has 0 spiro atoms. The first-order valence-corrected chi connectivity index (χ1v) is 7.29. The van der Waals surface area contributed by atoms with Crippen LogP contribution in [0, 0.1) is 0 Å². The van der Waals surface area contributed by atoms with Crippen LogP contribution in [0.5, 0.6) is 0 Å². The van der Waals surface area contributed by atoms with Crippen LogP contribution in [0.4, 0.5) is 5.69 Å². The number of carboxylic acids is 1. The van der Waals surface area contributed by atoms with Gasteiger partial charge in [-0.3, -0.25) is 0 Å². The van der Waals surface area contributed by atoms with E-state index in [9.17, 15) is 4.79 Å². The maximum absolute atomic E-state index is 10.6. The van der Waals surface area contributed by atoms with Crippen molar-refractivity contribution in [2.75, 3.05) is 18.0 Å². The zero-order valence-electron chi connectivity index (χ0n) is 12.1. The fraction of sp³-hybridized carbons (Fsp3) is 0.333. The second-order valence-corrected chi connectivity index (χ2v) is 5.18. The van der Waals surface area contributed by atoms with E-state index in [2.05, 4.69) is 20.4 Å². The third kappa shape index (κ3) is 3.13. The first-order chi connectivity index (χ1) is 10.7. The van der Waals surface area contributed by atoms with Crippen LogP contribution in [0.15, 0.2) is 30.3 Å². The number of rotatable bonds is 4. The number of hydrogen-bond acceptors (Lipinski definition) is 5. The van der Waals surface area contributed by atoms with Gasteiger partial charge in [-0.2, -0.15) is 4.68 Å². The molecule has 7 heteroatoms. The fourth-order valence-electron chi connectivity index (χ4n) is 2.58. The highest BCUT2D eigenvalue weighted by atomic mass is 16.4. The maximum Gasteiger partial charge on any atom is 0.328 e. The normalized spacial score (nSPS) is 15.4. The Balaban J connectivity index is 1.81. The van der Waals surface area contributed by atoms with Crippen LogP contribution in [0.2, 0.25) is 0 Å². The SMILES string of the molecule is O=C(O)/C=C/c1nnnn1-c1ccc(N2CCCCC2)cc1. The summed E-state index contributed by atoms with van der Waals surface area (Å²) >= 11 is 0. The number of anilines is 1. The van der Waals surface area contributed by atoms with E-state index in [1.165, 1.54) is 35.7 Å². The number of hydrogen-bond donors (Lipinski definition) is 1. The molecule has 1 aliphatic rings. The highest BCUT2D eigenvalue weighted by molar-refractivity contribution is 5.84. The van der Waals surface area contributed by atoms with Gasteiger partial charge in [0.25, 0.3) is 0 Å². The van der Waals surface area contributed by atoms with Crippen molar-refractivity contribution in [1.82, 2.24) is 20.2 Å². The van der Waals surface area contributed by atoms with Crippen molar-refractivity contribution in [3.63, 3.8) is 0 Å². The van der Waals surface area contributed by atoms with Gasteiger partial charge in [-0.1, -0.05) is 0 Å². The Morgan fingerprint density at radius 3 is 2.45 bits per heavy atom. The monoisotopic (exact) mass is 299 g/mol. The summed E-state index contributed by atoms with van der Waals surface area (Å²) in [7, 11) is 0. The molecule has 114 valence electrons. The highest BCUT2D eigenvalue weighted by Gasteiger charge is 2.11. The molecule has 0 atom stereocenters. The average Bonchev–Trinajstić information content (AvgIpc) is 3.02. The number of nitrogens with zero attached hydrogens (tertiary/aromatic N) is 5. The molecule has 3 rings (SSSR count). The molecule has 0 saturated carbocycles. The van der Waals surface area contributed by atoms with Gasteiger partial charge in [-0.05, 0) is 60.0 Å². The molecular formula is C15H17N5O2. The van der Waals surface area contributed by atoms with E-state index >= 15 is 0 Å². The van der Waals surface area contributed by atoms with Crippen LogP contribution in [-0.2, 0) is 4.79 Å². The summed E-state index contributed by atoms with van der Waals surface area (Å²) in [4.78, 5) is 13.0. The topological polar surface area (TPSA) is 84.1 Å². The quantitative estimate of drug-likeness (QED) is 0.866. The van der Waals surface area contributed by atoms with Gasteiger partial charge < -0.3 is 10.0 Å². The maximum atomic E-state index is 10.6. The average molecular weight is 299 g/mol. The van der Waals surface area contributed by atoms with E-state index in [1.54, 1.807) is 0 Å². The summed E-state index contributed by atoms with van der Waals surface area (Å²) in [6.07, 6.45) is 6.17. The van der Waals surface area contributed by atoms with E-state index in [4.69, 9.17) is 5.11 Å². The second kappa shape index (κ2) is 6.38. The predicted octanol–water partition coefficient (Wildman–Crippen LogP) is 1.75. The Morgan fingerprint density at radius 1 is 1.09 bits per heavy atom. The number of tetrazole rings is 1. The summed E-state index contributed by atoms with van der Waals surface area (Å²) in [6, 6.07) is 7.98. The summed E-state index contributed by atoms with van der Waals surface area (Å²) in [5, 5.41) is 20.0. The molecule has 0 radical (unpaired) electrons. The minimum Gasteiger partial charge on any atom is -0.478 e. The summed E-state index contributed by atoms with van der Waals surface area (Å²) in [5.41, 5.74) is 2.00. The van der Waals surface area contributed by atoms with Gasteiger partial charge in [0, 0.05) is 24.9 Å². The molecule has 2 aromatic rings. The number of carbonyl (C=O) groups is 1. The Hall–Kier alpha value is -2.70. The van der Waals surface area contributed by atoms with Crippen LogP contribution < -0.4 is 4.90 Å². The van der Waals surface area contributed by atoms with Gasteiger partial charge in [0.05, 0.1) is 5.69 Å². The first-order valence-electron chi connectivity index (χ1n) is 7.29. The van der Waals surface area contributed by atoms with Crippen molar-refractivity contribution in [3.8, 4) is 5.69 Å². The van der Waals surface area contributed by atoms with Crippen LogP contribution in [-0.4, -0.2) is 44.4 Å². The number of piperidine rings is 1. The van der Waals surface area contributed by atoms with E-state index in [0.717, 1.165) is 24.9 Å². The molecule has 1 aliphatic heterocycles. The summed E-state index contributed by atoms with van der Waals surface area (Å²) in [6.45, 7) is 2.19. The molecular weight excluding hydrogens is 282 g/mol. The second-order valence-electron chi connectivity index (χ2n) is 5.18. The van der Waals surface area contributed by atoms with Gasteiger partial charge in [-0.15, -0.1) is 5.10 Å². The smallest absolute Gasteiger partial charge is 0.328 e. The number of benzene rings is 1. The lowest BCUT2D eigenvalue weighted by molar-refractivity contribution is -0.131. The van der Waals surface area contributed by atoms with Crippen molar-refractivity contribution in [1.29, 1.82) is 0 Å². The Labute approximate surface area is 127 Å². The van der Waals surface area contributed by atoms with Gasteiger partial charge in [0.1, 0.15) is 0 Å². The number of aliphatic carboxylic acids is 1. The van der Waals surface area contributed by atoms with Crippen molar-refractivity contribution in [3.05, 3.63) is 36.2 Å². The molecule has 1 N–H and O–H groups in total. The third-order valence-electron chi connectivity index (χ3n) is 3.68. The fourth-order valence-corrected chi connectivity index (χ4v) is 2.58. The molecule has 1 aromatic heterocycles. The van der Waals surface area contributed by atoms with Gasteiger partial charge in [-0.25, -0.2) is 4.79 Å². The standard InChI is InChI=1S/C15H17N5O2/c21-15(22)9-8-14-16-17-18-20(14)13-6-4-12(5-7-13)19-10-2-1-3-11-19/h4-9H,1-3,10-11H2,(H,21,22)/b9-8+. The lowest BCUT2D eigenvalue weighted by Crippen LogP contribution is -2.29. The van der Waals surface area contributed by atoms with Crippen LogP contribution >= 0.6 is 0 Å². The third-order valence-corrected chi connectivity index (χ3v) is 3.68. The molecule has 0 amide bonds. The highest BCUT2D eigenvalue weighted by Crippen LogP contribution is 2.21. The lowest BCUT2D eigenvalue weighted by Gasteiger charge is -2.28. The van der Waals surface area contributed by atoms with E-state index in [0.29, 0.717) is 5.82 Å². The van der Waals surface area contributed by atoms with E-state index in [-0.39, 0.29) is 0 Å². The number of carboxylic acid groups (broad SMARTS) is 1. The van der Waals surface area contributed by atoms with Gasteiger partial charge >= 0.3 is 5.97 Å². The molecule has 1 saturated heterocycles. The predicted molar refractivity (Wildman–Crippen MR) is 81.9 cm³/mol. The van der Waals surface area contributed by atoms with Crippen LogP contribution in [0.1, 0.15) is 25.1 Å². The molecule has 0 bridgehead atoms. The van der Waals surface area contributed by atoms with Gasteiger partial charge in [0.15, 0.2) is 5.82 Å². The van der Waals surface area contributed by atoms with E-state index in [1.807, 2.05) is 24.3 Å². The zero-order valence-corrected chi connectivity index (χ0v) is 12.1. The lowest BCUT2D eigenvalue weighted by atomic mass is 10.1. The Bertz CT molecular complexity index is 671. The molecule has 22 heavy (non-hydrogen) atoms. The zero-order chi connectivity index (χ0) is 15.4. The first kappa shape index (κ1) is 14.2. The van der Waals surface area contributed by atoms with Crippen molar-refractivity contribution in [2.24, 2.45) is 0 Å². The Morgan fingerprint density at radius 2 is 1.77 bits per heavy atom. The van der Waals surface area contributed by atoms with E-state index < -0.39 is 5.97 Å². The molecule has 0 aliphatic carbocycles. The Kier molecular flexibility index (Phi) is 4.13. The minimum absolute atomic E-state index is 0.383. The number of aromatic nitrogens is 4. The van der Waals surface area contributed by atoms with Crippen molar-refractivity contribution < 1.29 is 9.90 Å². The minimum atomic E-state index is -1.03. The molecule has 7 nitrogen and oxygen atoms in total.